The molecule has 2 N–H and O–H groups in total. The lowest BCUT2D eigenvalue weighted by atomic mass is 10.4. The summed E-state index contributed by atoms with van der Waals surface area (Å²) in [6, 6.07) is 3.47. The van der Waals surface area contributed by atoms with Gasteiger partial charge in [0.05, 0.1) is 18.2 Å². The topological polar surface area (TPSA) is 56.6 Å². The van der Waals surface area contributed by atoms with Crippen LogP contribution in [0.5, 0.6) is 0 Å². The molecule has 5 heteroatoms. The van der Waals surface area contributed by atoms with Crippen LogP contribution in [0.3, 0.4) is 0 Å². The van der Waals surface area contributed by atoms with E-state index in [1.165, 1.54) is 0 Å². The second-order valence-corrected chi connectivity index (χ2v) is 3.15. The molecule has 0 atom stereocenters. The third-order valence-corrected chi connectivity index (χ3v) is 2.07. The Morgan fingerprint density at radius 2 is 1.93 bits per heavy atom. The molecule has 1 aromatic rings. The van der Waals surface area contributed by atoms with Gasteiger partial charge < -0.3 is 15.1 Å². The van der Waals surface area contributed by atoms with E-state index in [1.54, 1.807) is 23.2 Å². The molecule has 1 heterocycles. The second-order valence-electron chi connectivity index (χ2n) is 2.74. The van der Waals surface area contributed by atoms with Crippen molar-refractivity contribution in [3.05, 3.63) is 23.4 Å². The minimum Gasteiger partial charge on any atom is -0.395 e. The van der Waals surface area contributed by atoms with Gasteiger partial charge in [0.25, 0.3) is 0 Å². The summed E-state index contributed by atoms with van der Waals surface area (Å²) >= 11 is 5.92. The van der Waals surface area contributed by atoms with Gasteiger partial charge in [0.15, 0.2) is 0 Å². The molecule has 0 aliphatic carbocycles. The normalized spacial score (nSPS) is 10.2. The van der Waals surface area contributed by atoms with E-state index in [9.17, 15) is 0 Å². The maximum Gasteiger partial charge on any atom is 0.147 e. The molecule has 0 saturated carbocycles. The summed E-state index contributed by atoms with van der Waals surface area (Å²) in [6.07, 6.45) is 1.63. The van der Waals surface area contributed by atoms with Crippen molar-refractivity contribution in [1.82, 2.24) is 4.98 Å². The lowest BCUT2D eigenvalue weighted by Crippen LogP contribution is -2.30. The van der Waals surface area contributed by atoms with Crippen molar-refractivity contribution >= 4 is 17.4 Å². The molecule has 14 heavy (non-hydrogen) atoms. The van der Waals surface area contributed by atoms with Crippen LogP contribution in [-0.4, -0.2) is 41.5 Å². The SMILES string of the molecule is OCCN(CCO)c1ncccc1Cl. The van der Waals surface area contributed by atoms with Crippen LogP contribution >= 0.6 is 11.6 Å². The Bertz CT molecular complexity index is 277. The maximum atomic E-state index is 8.82. The molecule has 0 bridgehead atoms. The summed E-state index contributed by atoms with van der Waals surface area (Å²) < 4.78 is 0. The first kappa shape index (κ1) is 11.2. The highest BCUT2D eigenvalue weighted by atomic mass is 35.5. The van der Waals surface area contributed by atoms with E-state index in [4.69, 9.17) is 21.8 Å². The Morgan fingerprint density at radius 3 is 2.43 bits per heavy atom. The van der Waals surface area contributed by atoms with Crippen molar-refractivity contribution in [3.63, 3.8) is 0 Å². The first-order chi connectivity index (χ1) is 6.79. The minimum absolute atomic E-state index is 0.00685. The molecule has 78 valence electrons. The number of rotatable bonds is 5. The molecule has 0 fully saturated rings. The third kappa shape index (κ3) is 2.83. The van der Waals surface area contributed by atoms with Gasteiger partial charge in [-0.3, -0.25) is 0 Å². The van der Waals surface area contributed by atoms with Crippen LogP contribution < -0.4 is 4.90 Å². The smallest absolute Gasteiger partial charge is 0.147 e. The summed E-state index contributed by atoms with van der Waals surface area (Å²) in [4.78, 5) is 5.83. The zero-order valence-corrected chi connectivity index (χ0v) is 8.48. The molecule has 0 spiro atoms. The second kappa shape index (κ2) is 5.80. The monoisotopic (exact) mass is 216 g/mol. The predicted octanol–water partition coefficient (Wildman–Crippen LogP) is 0.526. The van der Waals surface area contributed by atoms with Gasteiger partial charge in [0, 0.05) is 19.3 Å². The highest BCUT2D eigenvalue weighted by Gasteiger charge is 2.09. The molecule has 0 aliphatic heterocycles. The molecule has 4 nitrogen and oxygen atoms in total. The van der Waals surface area contributed by atoms with E-state index in [-0.39, 0.29) is 13.2 Å². The van der Waals surface area contributed by atoms with Gasteiger partial charge in [0.2, 0.25) is 0 Å². The van der Waals surface area contributed by atoms with E-state index in [2.05, 4.69) is 4.98 Å². The Labute approximate surface area is 87.8 Å². The molecule has 0 radical (unpaired) electrons. The van der Waals surface area contributed by atoms with Crippen LogP contribution in [0.1, 0.15) is 0 Å². The fourth-order valence-electron chi connectivity index (χ4n) is 1.18. The number of pyridine rings is 1. The van der Waals surface area contributed by atoms with E-state index in [0.717, 1.165) is 0 Å². The van der Waals surface area contributed by atoms with Crippen molar-refractivity contribution in [2.24, 2.45) is 0 Å². The van der Waals surface area contributed by atoms with E-state index < -0.39 is 0 Å². The van der Waals surface area contributed by atoms with Crippen LogP contribution in [0.4, 0.5) is 5.82 Å². The number of aliphatic hydroxyl groups is 2. The number of aliphatic hydroxyl groups excluding tert-OH is 2. The molecular weight excluding hydrogens is 204 g/mol. The molecule has 0 aromatic carbocycles. The fourth-order valence-corrected chi connectivity index (χ4v) is 1.42. The van der Waals surface area contributed by atoms with Crippen LogP contribution in [0.15, 0.2) is 18.3 Å². The Kier molecular flexibility index (Phi) is 4.65. The van der Waals surface area contributed by atoms with Gasteiger partial charge >= 0.3 is 0 Å². The average Bonchev–Trinajstić information content (AvgIpc) is 2.18. The van der Waals surface area contributed by atoms with Crippen LogP contribution in [0.25, 0.3) is 0 Å². The van der Waals surface area contributed by atoms with Crippen molar-refractivity contribution in [2.45, 2.75) is 0 Å². The zero-order chi connectivity index (χ0) is 10.4. The highest BCUT2D eigenvalue weighted by Crippen LogP contribution is 2.21. The largest absolute Gasteiger partial charge is 0.395 e. The lowest BCUT2D eigenvalue weighted by Gasteiger charge is -2.22. The van der Waals surface area contributed by atoms with Crippen molar-refractivity contribution in [1.29, 1.82) is 0 Å². The summed E-state index contributed by atoms with van der Waals surface area (Å²) in [5.41, 5.74) is 0. The Morgan fingerprint density at radius 1 is 1.29 bits per heavy atom. The molecular formula is C9H13ClN2O2. The minimum atomic E-state index is 0.00685. The predicted molar refractivity (Wildman–Crippen MR) is 55.6 cm³/mol. The van der Waals surface area contributed by atoms with Crippen molar-refractivity contribution < 1.29 is 10.2 Å². The number of anilines is 1. The molecule has 0 amide bonds. The summed E-state index contributed by atoms with van der Waals surface area (Å²) in [6.45, 7) is 0.842. The number of halogens is 1. The quantitative estimate of drug-likeness (QED) is 0.754. The lowest BCUT2D eigenvalue weighted by molar-refractivity contribution is 0.280. The van der Waals surface area contributed by atoms with Gasteiger partial charge in [-0.2, -0.15) is 0 Å². The molecule has 0 saturated heterocycles. The zero-order valence-electron chi connectivity index (χ0n) is 7.73. The van der Waals surface area contributed by atoms with E-state index in [0.29, 0.717) is 23.9 Å². The fraction of sp³-hybridized carbons (Fsp3) is 0.444. The van der Waals surface area contributed by atoms with Crippen LogP contribution in [0, 0.1) is 0 Å². The number of hydrogen-bond donors (Lipinski definition) is 2. The van der Waals surface area contributed by atoms with Gasteiger partial charge in [-0.05, 0) is 12.1 Å². The summed E-state index contributed by atoms with van der Waals surface area (Å²) in [5.74, 6) is 0.595. The first-order valence-electron chi connectivity index (χ1n) is 4.36. The standard InChI is InChI=1S/C9H13ClN2O2/c10-8-2-1-3-11-9(8)12(4-6-13)5-7-14/h1-3,13-14H,4-7H2. The molecule has 0 aliphatic rings. The van der Waals surface area contributed by atoms with Gasteiger partial charge in [-0.1, -0.05) is 11.6 Å². The molecule has 0 unspecified atom stereocenters. The van der Waals surface area contributed by atoms with Gasteiger partial charge in [-0.15, -0.1) is 0 Å². The summed E-state index contributed by atoms with van der Waals surface area (Å²) in [7, 11) is 0. The number of nitrogens with zero attached hydrogens (tertiary/aromatic N) is 2. The van der Waals surface area contributed by atoms with Gasteiger partial charge in [0.1, 0.15) is 5.82 Å². The van der Waals surface area contributed by atoms with Crippen LogP contribution in [0.2, 0.25) is 5.02 Å². The summed E-state index contributed by atoms with van der Waals surface area (Å²) in [5, 5.41) is 18.2. The van der Waals surface area contributed by atoms with E-state index in [1.807, 2.05) is 0 Å². The van der Waals surface area contributed by atoms with Crippen molar-refractivity contribution in [3.8, 4) is 0 Å². The highest BCUT2D eigenvalue weighted by molar-refractivity contribution is 6.32. The Hall–Kier alpha value is -0.840. The first-order valence-corrected chi connectivity index (χ1v) is 4.74. The van der Waals surface area contributed by atoms with E-state index >= 15 is 0 Å². The third-order valence-electron chi connectivity index (χ3n) is 1.78. The van der Waals surface area contributed by atoms with Crippen molar-refractivity contribution in [2.75, 3.05) is 31.2 Å². The average molecular weight is 217 g/mol. The maximum absolute atomic E-state index is 8.82. The van der Waals surface area contributed by atoms with Gasteiger partial charge in [-0.25, -0.2) is 4.98 Å². The Balaban J connectivity index is 2.81. The van der Waals surface area contributed by atoms with Crippen LogP contribution in [-0.2, 0) is 0 Å². The number of aromatic nitrogens is 1. The number of hydrogen-bond acceptors (Lipinski definition) is 4. The molecule has 1 aromatic heterocycles. The molecule has 1 rings (SSSR count).